The first-order valence-electron chi connectivity index (χ1n) is 3.51. The average Bonchev–Trinajstić information content (AvgIpc) is 1.60. The van der Waals surface area contributed by atoms with E-state index in [-0.39, 0.29) is 11.5 Å². The fraction of sp³-hybridized carbons (Fsp3) is 1.00. The predicted molar refractivity (Wildman–Crippen MR) is 44.9 cm³/mol. The molecule has 0 spiro atoms. The Morgan fingerprint density at radius 3 is 1.90 bits per heavy atom. The van der Waals surface area contributed by atoms with Crippen LogP contribution in [-0.4, -0.2) is 12.8 Å². The van der Waals surface area contributed by atoms with Crippen LogP contribution < -0.4 is 0 Å². The van der Waals surface area contributed by atoms with E-state index < -0.39 is 8.03 Å². The van der Waals surface area contributed by atoms with Crippen molar-refractivity contribution in [3.8, 4) is 0 Å². The Hall–Kier alpha value is 0.190. The van der Waals surface area contributed by atoms with Crippen molar-refractivity contribution in [1.29, 1.82) is 0 Å². The van der Waals surface area contributed by atoms with Gasteiger partial charge < -0.3 is 4.52 Å². The van der Waals surface area contributed by atoms with Crippen molar-refractivity contribution in [3.05, 3.63) is 0 Å². The van der Waals surface area contributed by atoms with Crippen LogP contribution in [0.3, 0.4) is 0 Å². The molecule has 2 nitrogen and oxygen atoms in total. The van der Waals surface area contributed by atoms with Crippen molar-refractivity contribution in [2.45, 2.75) is 33.8 Å². The van der Waals surface area contributed by atoms with E-state index in [9.17, 15) is 4.57 Å². The van der Waals surface area contributed by atoms with E-state index in [0.29, 0.717) is 0 Å². The molecule has 0 aliphatic rings. The first kappa shape index (κ1) is 10.2. The molecule has 0 amide bonds. The van der Waals surface area contributed by atoms with E-state index in [0.717, 1.165) is 0 Å². The zero-order chi connectivity index (χ0) is 8.36. The third-order valence-electron chi connectivity index (χ3n) is 1.56. The minimum atomic E-state index is -1.77. The van der Waals surface area contributed by atoms with Crippen molar-refractivity contribution in [1.82, 2.24) is 0 Å². The molecular weight excluding hydrogens is 147 g/mol. The largest absolute Gasteiger partial charge is 0.327 e. The van der Waals surface area contributed by atoms with Gasteiger partial charge in [-0.25, -0.2) is 0 Å². The summed E-state index contributed by atoms with van der Waals surface area (Å²) in [5.74, 6) is 0. The summed E-state index contributed by atoms with van der Waals surface area (Å²) in [5, 5.41) is 0. The molecule has 0 aromatic rings. The topological polar surface area (TPSA) is 26.3 Å². The molecule has 0 N–H and O–H groups in total. The van der Waals surface area contributed by atoms with Crippen molar-refractivity contribution in [2.75, 3.05) is 6.66 Å². The maximum atomic E-state index is 10.7. The van der Waals surface area contributed by atoms with Crippen molar-refractivity contribution in [3.63, 3.8) is 0 Å². The fourth-order valence-electron chi connectivity index (χ4n) is 0.426. The Bertz CT molecular complexity index is 126. The van der Waals surface area contributed by atoms with Crippen molar-refractivity contribution in [2.24, 2.45) is 5.41 Å². The standard InChI is InChI=1S/C7H17O2P/c1-6(7(2,3)4)9-10(5)8/h6,10H,1-5H3/t6-/m1/s1. The maximum absolute atomic E-state index is 10.7. The first-order chi connectivity index (χ1) is 4.34. The van der Waals surface area contributed by atoms with Crippen LogP contribution in [0, 0.1) is 5.41 Å². The van der Waals surface area contributed by atoms with Crippen LogP contribution in [0.2, 0.25) is 0 Å². The lowest BCUT2D eigenvalue weighted by molar-refractivity contribution is 0.113. The van der Waals surface area contributed by atoms with Crippen molar-refractivity contribution >= 4 is 8.03 Å². The molecule has 0 fully saturated rings. The second kappa shape index (κ2) is 3.54. The second-order valence-corrected chi connectivity index (χ2v) is 4.84. The van der Waals surface area contributed by atoms with Gasteiger partial charge in [-0.3, -0.25) is 4.57 Å². The summed E-state index contributed by atoms with van der Waals surface area (Å²) in [6.45, 7) is 9.78. The van der Waals surface area contributed by atoms with Gasteiger partial charge in [0.1, 0.15) is 0 Å². The van der Waals surface area contributed by atoms with E-state index in [1.54, 1.807) is 6.66 Å². The normalized spacial score (nSPS) is 18.5. The van der Waals surface area contributed by atoms with Gasteiger partial charge in [-0.05, 0) is 12.3 Å². The quantitative estimate of drug-likeness (QED) is 0.586. The molecule has 10 heavy (non-hydrogen) atoms. The van der Waals surface area contributed by atoms with Crippen LogP contribution in [0.4, 0.5) is 0 Å². The number of rotatable bonds is 2. The Balaban J connectivity index is 3.85. The van der Waals surface area contributed by atoms with Gasteiger partial charge in [0.2, 0.25) is 0 Å². The van der Waals surface area contributed by atoms with E-state index in [1.807, 2.05) is 6.92 Å². The molecule has 3 heteroatoms. The second-order valence-electron chi connectivity index (χ2n) is 3.62. The molecule has 0 radical (unpaired) electrons. The van der Waals surface area contributed by atoms with Gasteiger partial charge in [0.05, 0.1) is 6.10 Å². The lowest BCUT2D eigenvalue weighted by atomic mass is 9.91. The highest BCUT2D eigenvalue weighted by molar-refractivity contribution is 7.38. The van der Waals surface area contributed by atoms with E-state index in [1.165, 1.54) is 0 Å². The summed E-state index contributed by atoms with van der Waals surface area (Å²) in [6.07, 6.45) is 0.0730. The molecule has 0 saturated carbocycles. The van der Waals surface area contributed by atoms with Gasteiger partial charge in [0.15, 0.2) is 8.03 Å². The molecule has 0 unspecified atom stereocenters. The van der Waals surface area contributed by atoms with E-state index in [2.05, 4.69) is 20.8 Å². The summed E-state index contributed by atoms with van der Waals surface area (Å²) in [5.41, 5.74) is 0.0936. The minimum absolute atomic E-state index is 0.0730. The summed E-state index contributed by atoms with van der Waals surface area (Å²) in [7, 11) is -1.77. The molecule has 0 saturated heterocycles. The zero-order valence-electron chi connectivity index (χ0n) is 7.39. The van der Waals surface area contributed by atoms with Gasteiger partial charge in [-0.1, -0.05) is 20.8 Å². The Morgan fingerprint density at radius 2 is 1.80 bits per heavy atom. The number of hydrogen-bond donors (Lipinski definition) is 0. The molecular formula is C7H17O2P. The monoisotopic (exact) mass is 164 g/mol. The van der Waals surface area contributed by atoms with Crippen LogP contribution in [0.25, 0.3) is 0 Å². The molecule has 62 valence electrons. The van der Waals surface area contributed by atoms with Crippen LogP contribution in [0.15, 0.2) is 0 Å². The smallest absolute Gasteiger partial charge is 0.188 e. The van der Waals surface area contributed by atoms with Crippen molar-refractivity contribution < 1.29 is 9.09 Å². The molecule has 0 rings (SSSR count). The fourth-order valence-corrected chi connectivity index (χ4v) is 1.28. The van der Waals surface area contributed by atoms with Gasteiger partial charge >= 0.3 is 0 Å². The summed E-state index contributed by atoms with van der Waals surface area (Å²) in [4.78, 5) is 0. The summed E-state index contributed by atoms with van der Waals surface area (Å²) >= 11 is 0. The molecule has 0 aliphatic carbocycles. The molecule has 0 aromatic carbocycles. The molecule has 0 heterocycles. The average molecular weight is 164 g/mol. The van der Waals surface area contributed by atoms with Crippen LogP contribution in [0.5, 0.6) is 0 Å². The molecule has 2 atom stereocenters. The molecule has 0 aromatic heterocycles. The Kier molecular flexibility index (Phi) is 3.61. The van der Waals surface area contributed by atoms with E-state index >= 15 is 0 Å². The molecule has 0 aliphatic heterocycles. The van der Waals surface area contributed by atoms with Gasteiger partial charge in [-0.2, -0.15) is 0 Å². The highest BCUT2D eigenvalue weighted by atomic mass is 31.1. The van der Waals surface area contributed by atoms with Gasteiger partial charge in [-0.15, -0.1) is 0 Å². The first-order valence-corrected chi connectivity index (χ1v) is 5.33. The van der Waals surface area contributed by atoms with Crippen LogP contribution in [0.1, 0.15) is 27.7 Å². The minimum Gasteiger partial charge on any atom is -0.327 e. The molecule has 0 bridgehead atoms. The summed E-state index contributed by atoms with van der Waals surface area (Å²) in [6, 6.07) is 0. The number of hydrogen-bond acceptors (Lipinski definition) is 2. The summed E-state index contributed by atoms with van der Waals surface area (Å²) < 4.78 is 15.8. The zero-order valence-corrected chi connectivity index (χ0v) is 8.39. The maximum Gasteiger partial charge on any atom is 0.188 e. The Morgan fingerprint density at radius 1 is 1.40 bits per heavy atom. The highest BCUT2D eigenvalue weighted by Gasteiger charge is 2.21. The van der Waals surface area contributed by atoms with Crippen LogP contribution in [-0.2, 0) is 9.09 Å². The van der Waals surface area contributed by atoms with Gasteiger partial charge in [0, 0.05) is 6.66 Å². The predicted octanol–water partition coefficient (Wildman–Crippen LogP) is 2.54. The van der Waals surface area contributed by atoms with Crippen LogP contribution >= 0.6 is 8.03 Å². The highest BCUT2D eigenvalue weighted by Crippen LogP contribution is 2.29. The third kappa shape index (κ3) is 4.08. The van der Waals surface area contributed by atoms with Gasteiger partial charge in [0.25, 0.3) is 0 Å². The SMILES string of the molecule is C[C@@H](O[P@H](C)=O)C(C)(C)C. The lowest BCUT2D eigenvalue weighted by Gasteiger charge is -2.26. The Labute approximate surface area is 63.8 Å². The third-order valence-corrected chi connectivity index (χ3v) is 2.25. The van der Waals surface area contributed by atoms with E-state index in [4.69, 9.17) is 4.52 Å². The lowest BCUT2D eigenvalue weighted by Crippen LogP contribution is -2.23.